The van der Waals surface area contributed by atoms with E-state index in [1.807, 2.05) is 11.9 Å². The lowest BCUT2D eigenvalue weighted by Crippen LogP contribution is -2.52. The fraction of sp³-hybridized carbons (Fsp3) is 0.500. The van der Waals surface area contributed by atoms with E-state index in [0.29, 0.717) is 44.3 Å². The fourth-order valence-electron chi connectivity index (χ4n) is 5.13. The largest absolute Gasteiger partial charge is 0.418 e. The predicted octanol–water partition coefficient (Wildman–Crippen LogP) is 5.27. The molecular formula is C26H33F4N5O. The molecule has 0 atom stereocenters. The second-order valence-electron chi connectivity index (χ2n) is 9.78. The molecule has 0 radical (unpaired) electrons. The van der Waals surface area contributed by atoms with E-state index in [4.69, 9.17) is 5.73 Å². The Hall–Kier alpha value is -3.17. The minimum absolute atomic E-state index is 0.00978. The quantitative estimate of drug-likeness (QED) is 0.428. The molecule has 1 heterocycles. The van der Waals surface area contributed by atoms with Crippen LogP contribution in [0.25, 0.3) is 0 Å². The van der Waals surface area contributed by atoms with Crippen molar-refractivity contribution < 1.29 is 22.4 Å². The summed E-state index contributed by atoms with van der Waals surface area (Å²) in [6.07, 6.45) is -1.03. The van der Waals surface area contributed by atoms with Crippen molar-refractivity contribution in [2.45, 2.75) is 37.9 Å². The van der Waals surface area contributed by atoms with Gasteiger partial charge in [-0.3, -0.25) is 0 Å². The Labute approximate surface area is 209 Å². The van der Waals surface area contributed by atoms with Gasteiger partial charge in [0.1, 0.15) is 5.82 Å². The van der Waals surface area contributed by atoms with Gasteiger partial charge in [-0.25, -0.2) is 9.18 Å². The summed E-state index contributed by atoms with van der Waals surface area (Å²) in [6, 6.07) is 10.4. The maximum absolute atomic E-state index is 13.2. The summed E-state index contributed by atoms with van der Waals surface area (Å²) in [5, 5.41) is 3.22. The predicted molar refractivity (Wildman–Crippen MR) is 133 cm³/mol. The van der Waals surface area contributed by atoms with Crippen LogP contribution in [0.3, 0.4) is 0 Å². The number of piperazine rings is 1. The molecule has 1 aliphatic carbocycles. The van der Waals surface area contributed by atoms with Crippen molar-refractivity contribution in [3.8, 4) is 0 Å². The summed E-state index contributed by atoms with van der Waals surface area (Å²) in [6.45, 7) is 3.27. The Morgan fingerprint density at radius 3 is 2.28 bits per heavy atom. The molecule has 196 valence electrons. The van der Waals surface area contributed by atoms with Gasteiger partial charge < -0.3 is 25.8 Å². The molecule has 10 heteroatoms. The lowest BCUT2D eigenvalue weighted by Gasteiger charge is -2.39. The molecule has 0 unspecified atom stereocenters. The van der Waals surface area contributed by atoms with E-state index in [1.165, 1.54) is 18.2 Å². The van der Waals surface area contributed by atoms with Gasteiger partial charge >= 0.3 is 12.2 Å². The van der Waals surface area contributed by atoms with Gasteiger partial charge in [0.2, 0.25) is 0 Å². The van der Waals surface area contributed by atoms with Crippen LogP contribution in [0.4, 0.5) is 39.4 Å². The van der Waals surface area contributed by atoms with Crippen LogP contribution in [0.5, 0.6) is 0 Å². The number of nitrogens with two attached hydrogens (primary N) is 1. The number of carbonyl (C=O) groups excluding carboxylic acids is 1. The number of alkyl halides is 3. The first-order chi connectivity index (χ1) is 17.1. The number of benzene rings is 2. The van der Waals surface area contributed by atoms with Gasteiger partial charge in [0.15, 0.2) is 0 Å². The average molecular weight is 508 g/mol. The molecule has 3 N–H and O–H groups in total. The van der Waals surface area contributed by atoms with Crippen LogP contribution in [-0.4, -0.2) is 61.6 Å². The number of amides is 2. The molecule has 0 spiro atoms. The first-order valence-electron chi connectivity index (χ1n) is 12.3. The third-order valence-electron chi connectivity index (χ3n) is 7.18. The van der Waals surface area contributed by atoms with Crippen LogP contribution >= 0.6 is 0 Å². The highest BCUT2D eigenvalue weighted by atomic mass is 19.4. The van der Waals surface area contributed by atoms with E-state index in [2.05, 4.69) is 10.2 Å². The Morgan fingerprint density at radius 1 is 1.03 bits per heavy atom. The van der Waals surface area contributed by atoms with Crippen molar-refractivity contribution in [1.82, 2.24) is 9.80 Å². The zero-order valence-corrected chi connectivity index (χ0v) is 20.4. The summed E-state index contributed by atoms with van der Waals surface area (Å²) >= 11 is 0. The molecule has 4 rings (SSSR count). The van der Waals surface area contributed by atoms with Gasteiger partial charge in [-0.2, -0.15) is 13.2 Å². The Morgan fingerprint density at radius 2 is 1.67 bits per heavy atom. The van der Waals surface area contributed by atoms with Gasteiger partial charge in [0.05, 0.1) is 5.56 Å². The van der Waals surface area contributed by atoms with Crippen LogP contribution in [0.2, 0.25) is 0 Å². The monoisotopic (exact) mass is 507 g/mol. The first kappa shape index (κ1) is 25.9. The average Bonchev–Trinajstić information content (AvgIpc) is 2.86. The van der Waals surface area contributed by atoms with Gasteiger partial charge in [-0.1, -0.05) is 0 Å². The number of anilines is 3. The maximum atomic E-state index is 13.2. The Balaban J connectivity index is 1.21. The van der Waals surface area contributed by atoms with Crippen LogP contribution in [0.1, 0.15) is 31.2 Å². The van der Waals surface area contributed by atoms with Gasteiger partial charge in [-0.05, 0) is 74.1 Å². The smallest absolute Gasteiger partial charge is 0.398 e. The number of nitrogen functional groups attached to an aromatic ring is 1. The third-order valence-corrected chi connectivity index (χ3v) is 7.18. The zero-order chi connectivity index (χ0) is 25.9. The highest BCUT2D eigenvalue weighted by molar-refractivity contribution is 5.74. The Kier molecular flexibility index (Phi) is 7.80. The number of urea groups is 1. The summed E-state index contributed by atoms with van der Waals surface area (Å²) in [4.78, 5) is 18.8. The highest BCUT2D eigenvalue weighted by Gasteiger charge is 2.33. The van der Waals surface area contributed by atoms with Gasteiger partial charge in [0, 0.05) is 62.9 Å². The van der Waals surface area contributed by atoms with Crippen LogP contribution < -0.4 is 16.0 Å². The van der Waals surface area contributed by atoms with E-state index < -0.39 is 11.7 Å². The number of rotatable bonds is 5. The molecule has 2 aromatic rings. The molecule has 2 aliphatic rings. The number of carbonyl (C=O) groups is 1. The zero-order valence-electron chi connectivity index (χ0n) is 20.4. The van der Waals surface area contributed by atoms with Crippen molar-refractivity contribution >= 4 is 23.1 Å². The topological polar surface area (TPSA) is 64.8 Å². The second kappa shape index (κ2) is 10.8. The molecule has 1 aliphatic heterocycles. The van der Waals surface area contributed by atoms with E-state index >= 15 is 0 Å². The van der Waals surface area contributed by atoms with E-state index in [-0.39, 0.29) is 23.6 Å². The summed E-state index contributed by atoms with van der Waals surface area (Å²) < 4.78 is 52.6. The van der Waals surface area contributed by atoms with Crippen molar-refractivity contribution in [3.05, 3.63) is 53.8 Å². The van der Waals surface area contributed by atoms with E-state index in [9.17, 15) is 22.4 Å². The molecule has 0 bridgehead atoms. The van der Waals surface area contributed by atoms with Crippen molar-refractivity contribution in [2.24, 2.45) is 5.92 Å². The minimum Gasteiger partial charge on any atom is -0.398 e. The second-order valence-corrected chi connectivity index (χ2v) is 9.78. The van der Waals surface area contributed by atoms with Crippen LogP contribution in [-0.2, 0) is 6.18 Å². The van der Waals surface area contributed by atoms with Crippen molar-refractivity contribution in [3.63, 3.8) is 0 Å². The fourth-order valence-corrected chi connectivity index (χ4v) is 5.13. The Bertz CT molecular complexity index is 1030. The van der Waals surface area contributed by atoms with Crippen LogP contribution in [0.15, 0.2) is 42.5 Å². The molecule has 2 amide bonds. The van der Waals surface area contributed by atoms with E-state index in [1.54, 1.807) is 23.1 Å². The molecule has 6 nitrogen and oxygen atoms in total. The highest BCUT2D eigenvalue weighted by Crippen LogP contribution is 2.36. The number of halogens is 4. The summed E-state index contributed by atoms with van der Waals surface area (Å²) in [7, 11) is 1.83. The maximum Gasteiger partial charge on any atom is 0.418 e. The number of hydrogen-bond donors (Lipinski definition) is 2. The van der Waals surface area contributed by atoms with Gasteiger partial charge in [-0.15, -0.1) is 0 Å². The van der Waals surface area contributed by atoms with Crippen LogP contribution in [0, 0.1) is 11.7 Å². The van der Waals surface area contributed by atoms with Crippen molar-refractivity contribution in [2.75, 3.05) is 55.7 Å². The lowest BCUT2D eigenvalue weighted by atomic mass is 9.85. The SMILES string of the molecule is CN(CC1CCC(Nc2ccc(N)c(C(F)(F)F)c2)CC1)C(=O)N1CCN(c2ccc(F)cc2)CC1. The number of nitrogens with one attached hydrogen (secondary N) is 1. The number of hydrogen-bond acceptors (Lipinski definition) is 4. The normalized spacial score (nSPS) is 20.8. The molecular weight excluding hydrogens is 474 g/mol. The number of nitrogens with zero attached hydrogens (tertiary/aromatic N) is 3. The standard InChI is InChI=1S/C26H33F4N5O/c1-33(25(36)35-14-12-34(13-15-35)22-9-4-19(27)5-10-22)17-18-2-6-20(7-3-18)32-21-8-11-24(31)23(16-21)26(28,29)30/h4-5,8-11,16,18,20,32H,2-3,6-7,12-15,17,31H2,1H3. The lowest BCUT2D eigenvalue weighted by molar-refractivity contribution is -0.136. The third kappa shape index (κ3) is 6.33. The minimum atomic E-state index is -4.48. The van der Waals surface area contributed by atoms with Crippen molar-refractivity contribution in [1.29, 1.82) is 0 Å². The molecule has 36 heavy (non-hydrogen) atoms. The molecule has 2 aromatic carbocycles. The summed E-state index contributed by atoms with van der Waals surface area (Å²) in [5.41, 5.74) is 5.77. The molecule has 0 aromatic heterocycles. The summed E-state index contributed by atoms with van der Waals surface area (Å²) in [5.74, 6) is 0.0921. The van der Waals surface area contributed by atoms with Gasteiger partial charge in [0.25, 0.3) is 0 Å². The molecule has 2 fully saturated rings. The molecule has 1 saturated heterocycles. The first-order valence-corrected chi connectivity index (χ1v) is 12.3. The molecule has 1 saturated carbocycles. The van der Waals surface area contributed by atoms with E-state index in [0.717, 1.165) is 37.4 Å².